The summed E-state index contributed by atoms with van der Waals surface area (Å²) in [7, 11) is 0. The fraction of sp³-hybridized carbons (Fsp3) is 0.500. The van der Waals surface area contributed by atoms with Crippen molar-refractivity contribution in [2.24, 2.45) is 0 Å². The molecular weight excluding hydrogens is 263 g/mol. The van der Waals surface area contributed by atoms with Gasteiger partial charge in [-0.1, -0.05) is 75.9 Å². The summed E-state index contributed by atoms with van der Waals surface area (Å²) in [6.07, 6.45) is 10.4. The van der Waals surface area contributed by atoms with Gasteiger partial charge >= 0.3 is 29.6 Å². The Bertz CT molecular complexity index is 530. The first-order valence-corrected chi connectivity index (χ1v) is 8.36. The Morgan fingerprint density at radius 2 is 1.38 bits per heavy atom. The van der Waals surface area contributed by atoms with Crippen molar-refractivity contribution < 1.29 is 29.6 Å². The topological polar surface area (TPSA) is 0 Å². The van der Waals surface area contributed by atoms with E-state index in [9.17, 15) is 0 Å². The van der Waals surface area contributed by atoms with Gasteiger partial charge in [-0.15, -0.1) is 0 Å². The van der Waals surface area contributed by atoms with Crippen molar-refractivity contribution in [2.45, 2.75) is 65.2 Å². The molecule has 0 unspecified atom stereocenters. The fourth-order valence-electron chi connectivity index (χ4n) is 3.03. The number of benzene rings is 2. The summed E-state index contributed by atoms with van der Waals surface area (Å²) in [5, 5.41) is 2.89. The maximum atomic E-state index is 2.37. The number of hydrogen-bond acceptors (Lipinski definition) is 0. The standard InChI is InChI=1S/C20H28.Na/c1-3-5-7-11-17-15-16-18-12-9-10-14-20(18)19(17)13-8-6-4-2;/h9-10,12,14-16H,3-8,11,13H2,1-2H3;/q;+1. The predicted molar refractivity (Wildman–Crippen MR) is 90.4 cm³/mol. The molecular formula is C20H28Na+. The van der Waals surface area contributed by atoms with Gasteiger partial charge in [0.25, 0.3) is 0 Å². The minimum atomic E-state index is 0. The van der Waals surface area contributed by atoms with E-state index in [1.54, 1.807) is 11.1 Å². The quantitative estimate of drug-likeness (QED) is 0.517. The third-order valence-corrected chi connectivity index (χ3v) is 4.22. The van der Waals surface area contributed by atoms with E-state index in [4.69, 9.17) is 0 Å². The van der Waals surface area contributed by atoms with Crippen LogP contribution in [0.4, 0.5) is 0 Å². The predicted octanol–water partition coefficient (Wildman–Crippen LogP) is 3.31. The minimum absolute atomic E-state index is 0. The Morgan fingerprint density at radius 3 is 2.10 bits per heavy atom. The Hall–Kier alpha value is -0.300. The second-order valence-electron chi connectivity index (χ2n) is 5.84. The summed E-state index contributed by atoms with van der Waals surface area (Å²) in [6.45, 7) is 4.56. The first-order valence-electron chi connectivity index (χ1n) is 8.36. The van der Waals surface area contributed by atoms with Crippen molar-refractivity contribution in [2.75, 3.05) is 0 Å². The van der Waals surface area contributed by atoms with Crippen LogP contribution in [0.5, 0.6) is 0 Å². The molecule has 0 aliphatic rings. The van der Waals surface area contributed by atoms with E-state index in [1.165, 1.54) is 62.1 Å². The van der Waals surface area contributed by atoms with Crippen LogP contribution in [0.15, 0.2) is 36.4 Å². The SMILES string of the molecule is CCCCCc1ccc2ccccc2c1CCCCC.[Na+]. The number of hydrogen-bond donors (Lipinski definition) is 0. The van der Waals surface area contributed by atoms with E-state index >= 15 is 0 Å². The Kier molecular flexibility index (Phi) is 9.31. The van der Waals surface area contributed by atoms with E-state index in [-0.39, 0.29) is 29.6 Å². The molecule has 0 N–H and O–H groups in total. The third kappa shape index (κ3) is 5.43. The van der Waals surface area contributed by atoms with Crippen LogP contribution in [0.25, 0.3) is 10.8 Å². The smallest absolute Gasteiger partial charge is 0.0654 e. The van der Waals surface area contributed by atoms with Gasteiger partial charge in [0.2, 0.25) is 0 Å². The molecule has 2 aromatic rings. The van der Waals surface area contributed by atoms with Crippen LogP contribution in [0.2, 0.25) is 0 Å². The van der Waals surface area contributed by atoms with E-state index in [1.807, 2.05) is 0 Å². The molecule has 0 saturated carbocycles. The van der Waals surface area contributed by atoms with E-state index < -0.39 is 0 Å². The fourth-order valence-corrected chi connectivity index (χ4v) is 3.03. The number of unbranched alkanes of at least 4 members (excludes halogenated alkanes) is 4. The molecule has 0 amide bonds. The van der Waals surface area contributed by atoms with Crippen molar-refractivity contribution in [1.82, 2.24) is 0 Å². The van der Waals surface area contributed by atoms with Crippen molar-refractivity contribution in [3.8, 4) is 0 Å². The van der Waals surface area contributed by atoms with Crippen LogP contribution in [-0.2, 0) is 12.8 Å². The molecule has 108 valence electrons. The van der Waals surface area contributed by atoms with Crippen LogP contribution in [0.1, 0.15) is 63.5 Å². The van der Waals surface area contributed by atoms with Crippen LogP contribution in [0.3, 0.4) is 0 Å². The van der Waals surface area contributed by atoms with Gasteiger partial charge in [-0.3, -0.25) is 0 Å². The summed E-state index contributed by atoms with van der Waals surface area (Å²) in [6, 6.07) is 13.6. The Balaban J connectivity index is 0.00000220. The zero-order valence-electron chi connectivity index (χ0n) is 14.1. The molecule has 21 heavy (non-hydrogen) atoms. The van der Waals surface area contributed by atoms with E-state index in [0.717, 1.165) is 0 Å². The minimum Gasteiger partial charge on any atom is -0.0654 e. The molecule has 0 radical (unpaired) electrons. The summed E-state index contributed by atoms with van der Waals surface area (Å²) >= 11 is 0. The van der Waals surface area contributed by atoms with Crippen molar-refractivity contribution in [3.63, 3.8) is 0 Å². The number of rotatable bonds is 8. The second-order valence-corrected chi connectivity index (χ2v) is 5.84. The zero-order valence-corrected chi connectivity index (χ0v) is 16.1. The summed E-state index contributed by atoms with van der Waals surface area (Å²) in [5.41, 5.74) is 3.21. The van der Waals surface area contributed by atoms with Crippen molar-refractivity contribution in [1.29, 1.82) is 0 Å². The van der Waals surface area contributed by atoms with Crippen LogP contribution >= 0.6 is 0 Å². The molecule has 0 aliphatic carbocycles. The van der Waals surface area contributed by atoms with Crippen LogP contribution in [-0.4, -0.2) is 0 Å². The molecule has 2 aromatic carbocycles. The van der Waals surface area contributed by atoms with Crippen molar-refractivity contribution in [3.05, 3.63) is 47.5 Å². The average Bonchev–Trinajstić information content (AvgIpc) is 2.49. The van der Waals surface area contributed by atoms with Gasteiger partial charge in [0, 0.05) is 0 Å². The number of aryl methyl sites for hydroxylation is 2. The van der Waals surface area contributed by atoms with E-state index in [0.29, 0.717) is 0 Å². The maximum Gasteiger partial charge on any atom is 1.00 e. The van der Waals surface area contributed by atoms with Gasteiger partial charge < -0.3 is 0 Å². The Labute approximate surface area is 152 Å². The molecule has 0 heterocycles. The molecule has 1 heteroatoms. The van der Waals surface area contributed by atoms with Gasteiger partial charge in [-0.05, 0) is 47.6 Å². The molecule has 0 atom stereocenters. The average molecular weight is 291 g/mol. The molecule has 0 bridgehead atoms. The number of fused-ring (bicyclic) bond motifs is 1. The van der Waals surface area contributed by atoms with Crippen molar-refractivity contribution >= 4 is 10.8 Å². The largest absolute Gasteiger partial charge is 1.00 e. The molecule has 2 rings (SSSR count). The third-order valence-electron chi connectivity index (χ3n) is 4.22. The molecule has 0 fully saturated rings. The normalized spacial score (nSPS) is 10.6. The molecule has 0 spiro atoms. The van der Waals surface area contributed by atoms with Gasteiger partial charge in [-0.25, -0.2) is 0 Å². The molecule has 0 aliphatic heterocycles. The monoisotopic (exact) mass is 291 g/mol. The Morgan fingerprint density at radius 1 is 0.714 bits per heavy atom. The molecule has 0 saturated heterocycles. The van der Waals surface area contributed by atoms with Crippen LogP contribution in [0, 0.1) is 0 Å². The maximum absolute atomic E-state index is 2.37. The molecule has 0 nitrogen and oxygen atoms in total. The zero-order chi connectivity index (χ0) is 14.2. The second kappa shape index (κ2) is 10.4. The van der Waals surface area contributed by atoms with Gasteiger partial charge in [0.05, 0.1) is 0 Å². The summed E-state index contributed by atoms with van der Waals surface area (Å²) in [5.74, 6) is 0. The van der Waals surface area contributed by atoms with Gasteiger partial charge in [-0.2, -0.15) is 0 Å². The first-order chi connectivity index (χ1) is 9.86. The van der Waals surface area contributed by atoms with Crippen LogP contribution < -0.4 is 29.6 Å². The van der Waals surface area contributed by atoms with Gasteiger partial charge in [0.1, 0.15) is 0 Å². The summed E-state index contributed by atoms with van der Waals surface area (Å²) in [4.78, 5) is 0. The van der Waals surface area contributed by atoms with Gasteiger partial charge in [0.15, 0.2) is 0 Å². The molecule has 0 aromatic heterocycles. The van der Waals surface area contributed by atoms with E-state index in [2.05, 4.69) is 50.2 Å². The summed E-state index contributed by atoms with van der Waals surface area (Å²) < 4.78 is 0. The first kappa shape index (κ1) is 18.7.